The Bertz CT molecular complexity index is 563. The highest BCUT2D eigenvalue weighted by atomic mass is 16.5. The van der Waals surface area contributed by atoms with Crippen LogP contribution in [0.25, 0.3) is 0 Å². The summed E-state index contributed by atoms with van der Waals surface area (Å²) >= 11 is 0. The predicted molar refractivity (Wildman–Crippen MR) is 86.7 cm³/mol. The van der Waals surface area contributed by atoms with Crippen molar-refractivity contribution in [3.8, 4) is 0 Å². The summed E-state index contributed by atoms with van der Waals surface area (Å²) in [6, 6.07) is 9.07. The van der Waals surface area contributed by atoms with Gasteiger partial charge in [0.2, 0.25) is 5.91 Å². The Labute approximate surface area is 136 Å². The van der Waals surface area contributed by atoms with Crippen molar-refractivity contribution in [3.63, 3.8) is 0 Å². The Hall–Kier alpha value is -1.88. The highest BCUT2D eigenvalue weighted by Crippen LogP contribution is 2.43. The van der Waals surface area contributed by atoms with Crippen LogP contribution in [0.15, 0.2) is 30.3 Å². The van der Waals surface area contributed by atoms with E-state index in [1.807, 2.05) is 30.3 Å². The molecule has 2 atom stereocenters. The highest BCUT2D eigenvalue weighted by molar-refractivity contribution is 5.86. The van der Waals surface area contributed by atoms with Crippen LogP contribution in [0.5, 0.6) is 0 Å². The number of carbonyl (C=O) groups excluding carboxylic acids is 2. The fraction of sp³-hybridized carbons (Fsp3) is 0.556. The second-order valence-corrected chi connectivity index (χ2v) is 6.61. The van der Waals surface area contributed by atoms with Crippen molar-refractivity contribution in [1.82, 2.24) is 10.6 Å². The van der Waals surface area contributed by atoms with E-state index in [9.17, 15) is 9.59 Å². The SMILES string of the molecule is CCC1(CNC(=O)[C@H]2OCC(=O)N[C@@H]2c2ccccc2)CCC1. The molecule has 1 aliphatic carbocycles. The van der Waals surface area contributed by atoms with Crippen LogP contribution in [0.1, 0.15) is 44.2 Å². The summed E-state index contributed by atoms with van der Waals surface area (Å²) in [5, 5.41) is 5.92. The van der Waals surface area contributed by atoms with E-state index in [1.165, 1.54) is 19.3 Å². The number of carbonyl (C=O) groups is 2. The van der Waals surface area contributed by atoms with Gasteiger partial charge in [-0.1, -0.05) is 43.7 Å². The van der Waals surface area contributed by atoms with Gasteiger partial charge in [-0.15, -0.1) is 0 Å². The van der Waals surface area contributed by atoms with Crippen LogP contribution >= 0.6 is 0 Å². The van der Waals surface area contributed by atoms with Gasteiger partial charge in [-0.2, -0.15) is 0 Å². The lowest BCUT2D eigenvalue weighted by atomic mass is 9.67. The molecule has 5 heteroatoms. The maximum absolute atomic E-state index is 12.6. The Kier molecular flexibility index (Phi) is 4.66. The zero-order valence-corrected chi connectivity index (χ0v) is 13.5. The van der Waals surface area contributed by atoms with E-state index in [-0.39, 0.29) is 23.8 Å². The van der Waals surface area contributed by atoms with Gasteiger partial charge in [0, 0.05) is 6.54 Å². The smallest absolute Gasteiger partial charge is 0.251 e. The van der Waals surface area contributed by atoms with Crippen molar-refractivity contribution < 1.29 is 14.3 Å². The summed E-state index contributed by atoms with van der Waals surface area (Å²) < 4.78 is 5.55. The average Bonchev–Trinajstić information content (AvgIpc) is 2.55. The largest absolute Gasteiger partial charge is 0.356 e. The minimum Gasteiger partial charge on any atom is -0.356 e. The third-order valence-electron chi connectivity index (χ3n) is 5.23. The molecule has 23 heavy (non-hydrogen) atoms. The average molecular weight is 316 g/mol. The van der Waals surface area contributed by atoms with Gasteiger partial charge in [0.15, 0.2) is 6.10 Å². The lowest BCUT2D eigenvalue weighted by molar-refractivity contribution is -0.148. The van der Waals surface area contributed by atoms with Crippen molar-refractivity contribution in [3.05, 3.63) is 35.9 Å². The zero-order chi connectivity index (χ0) is 16.3. The molecule has 0 radical (unpaired) electrons. The van der Waals surface area contributed by atoms with Gasteiger partial charge in [-0.25, -0.2) is 0 Å². The molecule has 1 aromatic rings. The molecule has 0 aromatic heterocycles. The van der Waals surface area contributed by atoms with E-state index < -0.39 is 12.1 Å². The summed E-state index contributed by atoms with van der Waals surface area (Å²) in [5.74, 6) is -0.328. The minimum absolute atomic E-state index is 0.0691. The van der Waals surface area contributed by atoms with Crippen LogP contribution in [0, 0.1) is 5.41 Å². The molecular weight excluding hydrogens is 292 g/mol. The number of morpholine rings is 1. The van der Waals surface area contributed by atoms with Gasteiger partial charge in [0.1, 0.15) is 6.61 Å². The van der Waals surface area contributed by atoms with Gasteiger partial charge in [-0.05, 0) is 30.2 Å². The topological polar surface area (TPSA) is 67.4 Å². The normalized spacial score (nSPS) is 26.0. The quantitative estimate of drug-likeness (QED) is 0.872. The fourth-order valence-corrected chi connectivity index (χ4v) is 3.41. The van der Waals surface area contributed by atoms with Gasteiger partial charge >= 0.3 is 0 Å². The minimum atomic E-state index is -0.677. The molecule has 3 rings (SSSR count). The van der Waals surface area contributed by atoms with Gasteiger partial charge in [0.05, 0.1) is 6.04 Å². The van der Waals surface area contributed by atoms with Crippen LogP contribution in [0.4, 0.5) is 0 Å². The number of rotatable bonds is 5. The summed E-state index contributed by atoms with van der Waals surface area (Å²) in [6.07, 6.45) is 4.00. The number of hydrogen-bond donors (Lipinski definition) is 2. The van der Waals surface area contributed by atoms with Crippen LogP contribution < -0.4 is 10.6 Å². The molecule has 1 heterocycles. The van der Waals surface area contributed by atoms with Crippen molar-refractivity contribution in [2.75, 3.05) is 13.2 Å². The highest BCUT2D eigenvalue weighted by Gasteiger charge is 2.39. The van der Waals surface area contributed by atoms with E-state index in [0.717, 1.165) is 12.0 Å². The molecule has 124 valence electrons. The molecule has 0 spiro atoms. The first-order valence-electron chi connectivity index (χ1n) is 8.37. The molecule has 2 fully saturated rings. The number of nitrogens with one attached hydrogen (secondary N) is 2. The standard InChI is InChI=1S/C18H24N2O3/c1-2-18(9-6-10-18)12-19-17(22)16-15(20-14(21)11-23-16)13-7-4-3-5-8-13/h3-5,7-8,15-16H,2,6,9-12H2,1H3,(H,19,22)(H,20,21)/t15-,16+/m1/s1. The zero-order valence-electron chi connectivity index (χ0n) is 13.5. The van der Waals surface area contributed by atoms with Crippen LogP contribution in [0.2, 0.25) is 0 Å². The van der Waals surface area contributed by atoms with Crippen molar-refractivity contribution in [2.24, 2.45) is 5.41 Å². The van der Waals surface area contributed by atoms with Gasteiger partial charge in [-0.3, -0.25) is 9.59 Å². The molecule has 0 unspecified atom stereocenters. The first-order valence-corrected chi connectivity index (χ1v) is 8.37. The van der Waals surface area contributed by atoms with E-state index in [2.05, 4.69) is 17.6 Å². The Balaban J connectivity index is 1.68. The van der Waals surface area contributed by atoms with Gasteiger partial charge in [0.25, 0.3) is 5.91 Å². The van der Waals surface area contributed by atoms with Crippen molar-refractivity contribution >= 4 is 11.8 Å². The summed E-state index contributed by atoms with van der Waals surface area (Å²) in [6.45, 7) is 2.80. The molecule has 1 aliphatic heterocycles. The molecule has 1 saturated carbocycles. The number of benzene rings is 1. The van der Waals surface area contributed by atoms with Crippen molar-refractivity contribution in [1.29, 1.82) is 0 Å². The van der Waals surface area contributed by atoms with E-state index in [0.29, 0.717) is 6.54 Å². The molecular formula is C18H24N2O3. The predicted octanol–water partition coefficient (Wildman–Crippen LogP) is 1.94. The maximum Gasteiger partial charge on any atom is 0.251 e. The maximum atomic E-state index is 12.6. The third kappa shape index (κ3) is 3.39. The van der Waals surface area contributed by atoms with Crippen LogP contribution in [0.3, 0.4) is 0 Å². The lowest BCUT2D eigenvalue weighted by Crippen LogP contribution is -2.54. The monoisotopic (exact) mass is 316 g/mol. The molecule has 1 aromatic carbocycles. The van der Waals surface area contributed by atoms with E-state index in [4.69, 9.17) is 4.74 Å². The molecule has 2 amide bonds. The fourth-order valence-electron chi connectivity index (χ4n) is 3.41. The molecule has 2 aliphatic rings. The first-order chi connectivity index (χ1) is 11.1. The first kappa shape index (κ1) is 16.0. The summed E-state index contributed by atoms with van der Waals surface area (Å²) in [7, 11) is 0. The van der Waals surface area contributed by atoms with Crippen molar-refractivity contribution in [2.45, 2.75) is 44.8 Å². The summed E-state index contributed by atoms with van der Waals surface area (Å²) in [4.78, 5) is 24.3. The molecule has 5 nitrogen and oxygen atoms in total. The van der Waals surface area contributed by atoms with Crippen LogP contribution in [-0.2, 0) is 14.3 Å². The molecule has 1 saturated heterocycles. The Morgan fingerprint density at radius 1 is 1.35 bits per heavy atom. The Morgan fingerprint density at radius 3 is 2.70 bits per heavy atom. The van der Waals surface area contributed by atoms with E-state index in [1.54, 1.807) is 0 Å². The number of amides is 2. The van der Waals surface area contributed by atoms with E-state index >= 15 is 0 Å². The number of hydrogen-bond acceptors (Lipinski definition) is 3. The third-order valence-corrected chi connectivity index (χ3v) is 5.23. The molecule has 2 N–H and O–H groups in total. The van der Waals surface area contributed by atoms with Gasteiger partial charge < -0.3 is 15.4 Å². The number of ether oxygens (including phenoxy) is 1. The van der Waals surface area contributed by atoms with Crippen LogP contribution in [-0.4, -0.2) is 31.1 Å². The Morgan fingerprint density at radius 2 is 2.09 bits per heavy atom. The summed E-state index contributed by atoms with van der Waals surface area (Å²) in [5.41, 5.74) is 1.14. The molecule has 0 bridgehead atoms. The second-order valence-electron chi connectivity index (χ2n) is 6.61. The second kappa shape index (κ2) is 6.71. The lowest BCUT2D eigenvalue weighted by Gasteiger charge is -2.42.